The van der Waals surface area contributed by atoms with Crippen molar-refractivity contribution in [1.82, 2.24) is 9.88 Å². The molecule has 1 aliphatic heterocycles. The molecule has 2 heterocycles. The lowest BCUT2D eigenvalue weighted by Crippen LogP contribution is -2.52. The van der Waals surface area contributed by atoms with Crippen molar-refractivity contribution >= 4 is 17.9 Å². The number of hydrogen-bond acceptors (Lipinski definition) is 5. The molecule has 2 aromatic rings. The summed E-state index contributed by atoms with van der Waals surface area (Å²) in [6.45, 7) is 7.17. The maximum absolute atomic E-state index is 12.8. The van der Waals surface area contributed by atoms with Crippen LogP contribution in [0, 0.1) is 0 Å². The number of benzene rings is 1. The molecule has 7 nitrogen and oxygen atoms in total. The first-order chi connectivity index (χ1) is 13.2. The molecule has 0 bridgehead atoms. The normalized spacial score (nSPS) is 17.3. The molecule has 1 aromatic heterocycles. The van der Waals surface area contributed by atoms with Gasteiger partial charge in [0.05, 0.1) is 11.6 Å². The molecule has 1 unspecified atom stereocenters. The lowest BCUT2D eigenvalue weighted by atomic mass is 10.0. The number of carboxylic acids is 1. The van der Waals surface area contributed by atoms with Gasteiger partial charge in [0.2, 0.25) is 0 Å². The van der Waals surface area contributed by atoms with Gasteiger partial charge in [-0.15, -0.1) is 0 Å². The number of aromatic carboxylic acids is 1. The average molecular weight is 383 g/mol. The van der Waals surface area contributed by atoms with Gasteiger partial charge >= 0.3 is 12.1 Å². The van der Waals surface area contributed by atoms with Gasteiger partial charge in [-0.3, -0.25) is 4.90 Å². The molecular formula is C21H25N3O4. The van der Waals surface area contributed by atoms with Crippen LogP contribution >= 0.6 is 0 Å². The third-order valence-corrected chi connectivity index (χ3v) is 4.51. The van der Waals surface area contributed by atoms with Gasteiger partial charge in [0.1, 0.15) is 11.4 Å². The molecule has 0 radical (unpaired) electrons. The zero-order valence-electron chi connectivity index (χ0n) is 16.3. The molecule has 1 saturated heterocycles. The molecule has 148 valence electrons. The number of ether oxygens (including phenoxy) is 1. The van der Waals surface area contributed by atoms with Crippen LogP contribution in [-0.2, 0) is 4.74 Å². The number of piperazine rings is 1. The number of nitrogens with zero attached hydrogens (tertiary/aromatic N) is 3. The molecule has 28 heavy (non-hydrogen) atoms. The Labute approximate surface area is 164 Å². The van der Waals surface area contributed by atoms with Crippen LogP contribution in [0.5, 0.6) is 0 Å². The standard InChI is InChI=1S/C21H25N3O4/c1-21(2,3)28-20(27)24-12-11-23(14-17(24)15-7-5-4-6-8-15)18-10-9-16(13-22-18)19(25)26/h4-10,13,17H,11-12,14H2,1-3H3,(H,25,26). The van der Waals surface area contributed by atoms with Crippen LogP contribution in [0.1, 0.15) is 42.7 Å². The first-order valence-corrected chi connectivity index (χ1v) is 9.23. The summed E-state index contributed by atoms with van der Waals surface area (Å²) < 4.78 is 5.60. The fourth-order valence-corrected chi connectivity index (χ4v) is 3.19. The van der Waals surface area contributed by atoms with Crippen molar-refractivity contribution in [3.63, 3.8) is 0 Å². The summed E-state index contributed by atoms with van der Waals surface area (Å²) in [4.78, 5) is 31.9. The average Bonchev–Trinajstić information content (AvgIpc) is 2.67. The van der Waals surface area contributed by atoms with Crippen LogP contribution in [0.15, 0.2) is 48.7 Å². The maximum Gasteiger partial charge on any atom is 0.410 e. The van der Waals surface area contributed by atoms with Crippen LogP contribution in [0.25, 0.3) is 0 Å². The summed E-state index contributed by atoms with van der Waals surface area (Å²) in [5.74, 6) is -0.314. The Bertz CT molecular complexity index is 831. The number of hydrogen-bond donors (Lipinski definition) is 1. The Balaban J connectivity index is 1.84. The lowest BCUT2D eigenvalue weighted by Gasteiger charge is -2.42. The molecule has 1 aromatic carbocycles. The second-order valence-electron chi connectivity index (χ2n) is 7.76. The molecule has 0 aliphatic carbocycles. The second kappa shape index (κ2) is 7.88. The van der Waals surface area contributed by atoms with Gasteiger partial charge in [0, 0.05) is 25.8 Å². The van der Waals surface area contributed by atoms with Crippen LogP contribution in [0.2, 0.25) is 0 Å². The second-order valence-corrected chi connectivity index (χ2v) is 7.76. The van der Waals surface area contributed by atoms with Crippen LogP contribution < -0.4 is 4.90 Å². The summed E-state index contributed by atoms with van der Waals surface area (Å²) in [6.07, 6.45) is 1.02. The predicted octanol–water partition coefficient (Wildman–Crippen LogP) is 3.58. The third-order valence-electron chi connectivity index (χ3n) is 4.51. The molecule has 3 rings (SSSR count). The Morgan fingerprint density at radius 1 is 1.11 bits per heavy atom. The van der Waals surface area contributed by atoms with Crippen molar-refractivity contribution in [1.29, 1.82) is 0 Å². The molecular weight excluding hydrogens is 358 g/mol. The highest BCUT2D eigenvalue weighted by Crippen LogP contribution is 2.29. The highest BCUT2D eigenvalue weighted by Gasteiger charge is 2.34. The summed E-state index contributed by atoms with van der Waals surface area (Å²) in [7, 11) is 0. The minimum Gasteiger partial charge on any atom is -0.478 e. The van der Waals surface area contributed by atoms with Crippen LogP contribution in [-0.4, -0.2) is 52.3 Å². The van der Waals surface area contributed by atoms with E-state index in [2.05, 4.69) is 9.88 Å². The van der Waals surface area contributed by atoms with E-state index in [-0.39, 0.29) is 17.7 Å². The van der Waals surface area contributed by atoms with Crippen molar-refractivity contribution in [2.24, 2.45) is 0 Å². The number of carbonyl (C=O) groups excluding carboxylic acids is 1. The van der Waals surface area contributed by atoms with Gasteiger partial charge in [0.25, 0.3) is 0 Å². The predicted molar refractivity (Wildman–Crippen MR) is 106 cm³/mol. The number of anilines is 1. The van der Waals surface area contributed by atoms with Crippen molar-refractivity contribution in [3.05, 3.63) is 59.8 Å². The number of carboxylic acid groups (broad SMARTS) is 1. The molecule has 1 N–H and O–H groups in total. The molecule has 7 heteroatoms. The summed E-state index contributed by atoms with van der Waals surface area (Å²) in [5.41, 5.74) is 0.597. The van der Waals surface area contributed by atoms with Crippen molar-refractivity contribution in [2.45, 2.75) is 32.4 Å². The van der Waals surface area contributed by atoms with Gasteiger partial charge in [-0.05, 0) is 38.5 Å². The van der Waals surface area contributed by atoms with E-state index in [4.69, 9.17) is 9.84 Å². The third kappa shape index (κ3) is 4.60. The van der Waals surface area contributed by atoms with E-state index in [1.165, 1.54) is 6.20 Å². The molecule has 0 saturated carbocycles. The number of pyridine rings is 1. The lowest BCUT2D eigenvalue weighted by molar-refractivity contribution is 0.0137. The van der Waals surface area contributed by atoms with E-state index in [1.54, 1.807) is 17.0 Å². The number of amides is 1. The minimum atomic E-state index is -1.00. The maximum atomic E-state index is 12.8. The van der Waals surface area contributed by atoms with Crippen LogP contribution in [0.3, 0.4) is 0 Å². The Hall–Kier alpha value is -3.09. The molecule has 1 aliphatic rings. The monoisotopic (exact) mass is 383 g/mol. The number of carbonyl (C=O) groups is 2. The Kier molecular flexibility index (Phi) is 5.53. The van der Waals surface area contributed by atoms with Gasteiger partial charge in [0.15, 0.2) is 0 Å². The topological polar surface area (TPSA) is 83.0 Å². The first kappa shape index (κ1) is 19.7. The van der Waals surface area contributed by atoms with Gasteiger partial charge in [-0.25, -0.2) is 14.6 Å². The van der Waals surface area contributed by atoms with Gasteiger partial charge in [-0.2, -0.15) is 0 Å². The summed E-state index contributed by atoms with van der Waals surface area (Å²) in [6, 6.07) is 12.9. The summed E-state index contributed by atoms with van der Waals surface area (Å²) in [5, 5.41) is 9.05. The van der Waals surface area contributed by atoms with Crippen LogP contribution in [0.4, 0.5) is 10.6 Å². The Morgan fingerprint density at radius 2 is 1.82 bits per heavy atom. The SMILES string of the molecule is CC(C)(C)OC(=O)N1CCN(c2ccc(C(=O)O)cn2)CC1c1ccccc1. The molecule has 1 fully saturated rings. The molecule has 1 atom stereocenters. The highest BCUT2D eigenvalue weighted by molar-refractivity contribution is 5.87. The Morgan fingerprint density at radius 3 is 2.39 bits per heavy atom. The van der Waals surface area contributed by atoms with E-state index in [1.807, 2.05) is 51.1 Å². The van der Waals surface area contributed by atoms with E-state index < -0.39 is 11.6 Å². The highest BCUT2D eigenvalue weighted by atomic mass is 16.6. The fourth-order valence-electron chi connectivity index (χ4n) is 3.19. The van der Waals surface area contributed by atoms with Crippen molar-refractivity contribution in [3.8, 4) is 0 Å². The van der Waals surface area contributed by atoms with Gasteiger partial charge < -0.3 is 14.7 Å². The number of rotatable bonds is 3. The van der Waals surface area contributed by atoms with Crippen molar-refractivity contribution in [2.75, 3.05) is 24.5 Å². The minimum absolute atomic E-state index is 0.149. The quantitative estimate of drug-likeness (QED) is 0.872. The summed E-state index contributed by atoms with van der Waals surface area (Å²) >= 11 is 0. The zero-order chi connectivity index (χ0) is 20.3. The molecule has 1 amide bonds. The van der Waals surface area contributed by atoms with E-state index in [0.717, 1.165) is 5.56 Å². The van der Waals surface area contributed by atoms with Crippen molar-refractivity contribution < 1.29 is 19.4 Å². The van der Waals surface area contributed by atoms with E-state index in [0.29, 0.717) is 25.5 Å². The fraction of sp³-hybridized carbons (Fsp3) is 0.381. The number of aromatic nitrogens is 1. The zero-order valence-corrected chi connectivity index (χ0v) is 16.3. The van der Waals surface area contributed by atoms with E-state index >= 15 is 0 Å². The first-order valence-electron chi connectivity index (χ1n) is 9.23. The van der Waals surface area contributed by atoms with E-state index in [9.17, 15) is 9.59 Å². The van der Waals surface area contributed by atoms with Gasteiger partial charge in [-0.1, -0.05) is 30.3 Å². The smallest absolute Gasteiger partial charge is 0.410 e. The molecule has 0 spiro atoms. The largest absolute Gasteiger partial charge is 0.478 e.